The molecule has 0 bridgehead atoms. The molecule has 1 aliphatic rings. The number of allylic oxidation sites excluding steroid dienone is 1. The highest BCUT2D eigenvalue weighted by atomic mass is 35.5. The standard InChI is InChI=1S/C41H40Cl2N4O4/c1-29-3-5-33(6-4-29)28-50-36-12-14-40(45-26-36)51-41-30(2)23-34(24-37(41)42)38(15-21-48)47-19-17-46(18-20-47)27-32-9-7-31(8-10-32)16-22-49-35-11-13-39(43)44-25-35/h3-15,21,23-26H,16-20,22,27-28H2,1-2H3/b38-15+. The van der Waals surface area contributed by atoms with Gasteiger partial charge in [0.05, 0.1) is 24.0 Å². The zero-order valence-electron chi connectivity index (χ0n) is 28.7. The Labute approximate surface area is 309 Å². The molecule has 10 heteroatoms. The number of hydrogen-bond donors (Lipinski definition) is 0. The third kappa shape index (κ3) is 10.1. The molecular weight excluding hydrogens is 683 g/mol. The number of aryl methyl sites for hydroxylation is 2. The lowest BCUT2D eigenvalue weighted by molar-refractivity contribution is -0.104. The van der Waals surface area contributed by atoms with E-state index in [-0.39, 0.29) is 0 Å². The number of benzene rings is 3. The molecule has 0 aliphatic carbocycles. The lowest BCUT2D eigenvalue weighted by atomic mass is 10.1. The summed E-state index contributed by atoms with van der Waals surface area (Å²) in [5.41, 5.74) is 7.32. The molecule has 2 aromatic heterocycles. The monoisotopic (exact) mass is 722 g/mol. The van der Waals surface area contributed by atoms with E-state index < -0.39 is 0 Å². The van der Waals surface area contributed by atoms with E-state index in [2.05, 4.69) is 63.1 Å². The Hall–Kier alpha value is -4.89. The number of aldehydes is 1. The van der Waals surface area contributed by atoms with E-state index in [1.165, 1.54) is 16.7 Å². The molecule has 5 aromatic rings. The van der Waals surface area contributed by atoms with E-state index in [0.29, 0.717) is 46.5 Å². The Morgan fingerprint density at radius 3 is 2.14 bits per heavy atom. The normalized spacial score (nSPS) is 13.6. The van der Waals surface area contributed by atoms with Crippen molar-refractivity contribution in [1.82, 2.24) is 19.8 Å². The molecule has 3 aromatic carbocycles. The SMILES string of the molecule is Cc1ccc(COc2ccc(Oc3c(C)cc(/C(=C\C=O)N4CCN(Cc5ccc(CCOc6ccc(Cl)nc6)cc5)CC4)cc3Cl)nc2)cc1. The van der Waals surface area contributed by atoms with Crippen LogP contribution in [0.25, 0.3) is 5.70 Å². The smallest absolute Gasteiger partial charge is 0.219 e. The summed E-state index contributed by atoms with van der Waals surface area (Å²) < 4.78 is 17.8. The second-order valence-electron chi connectivity index (χ2n) is 12.5. The van der Waals surface area contributed by atoms with Crippen LogP contribution in [0.1, 0.15) is 33.4 Å². The summed E-state index contributed by atoms with van der Waals surface area (Å²) in [6.45, 7) is 9.18. The Kier molecular flexibility index (Phi) is 12.2. The Morgan fingerprint density at radius 2 is 1.47 bits per heavy atom. The van der Waals surface area contributed by atoms with Gasteiger partial charge in [-0.25, -0.2) is 9.97 Å². The number of pyridine rings is 2. The van der Waals surface area contributed by atoms with Gasteiger partial charge in [-0.2, -0.15) is 0 Å². The van der Waals surface area contributed by atoms with Gasteiger partial charge in [0.15, 0.2) is 5.75 Å². The number of aromatic nitrogens is 2. The highest BCUT2D eigenvalue weighted by molar-refractivity contribution is 6.32. The summed E-state index contributed by atoms with van der Waals surface area (Å²) in [5.74, 6) is 2.29. The van der Waals surface area contributed by atoms with Crippen LogP contribution >= 0.6 is 23.2 Å². The van der Waals surface area contributed by atoms with E-state index in [0.717, 1.165) is 67.8 Å². The molecule has 51 heavy (non-hydrogen) atoms. The molecule has 0 N–H and O–H groups in total. The van der Waals surface area contributed by atoms with Crippen LogP contribution in [-0.2, 0) is 24.4 Å². The summed E-state index contributed by atoms with van der Waals surface area (Å²) in [4.78, 5) is 24.9. The molecule has 262 valence electrons. The summed E-state index contributed by atoms with van der Waals surface area (Å²) in [6.07, 6.45) is 6.53. The van der Waals surface area contributed by atoms with Crippen molar-refractivity contribution in [3.05, 3.63) is 147 Å². The van der Waals surface area contributed by atoms with Crippen molar-refractivity contribution in [3.63, 3.8) is 0 Å². The molecule has 1 saturated heterocycles. The molecular formula is C41H40Cl2N4O4. The van der Waals surface area contributed by atoms with Crippen LogP contribution in [0.4, 0.5) is 0 Å². The molecule has 0 atom stereocenters. The van der Waals surface area contributed by atoms with Crippen LogP contribution in [0, 0.1) is 13.8 Å². The number of ether oxygens (including phenoxy) is 3. The fourth-order valence-corrected chi connectivity index (χ4v) is 6.29. The number of rotatable bonds is 14. The fraction of sp³-hybridized carbons (Fsp3) is 0.244. The first-order chi connectivity index (χ1) is 24.8. The Morgan fingerprint density at radius 1 is 0.784 bits per heavy atom. The van der Waals surface area contributed by atoms with Crippen molar-refractivity contribution in [1.29, 1.82) is 0 Å². The predicted octanol–water partition coefficient (Wildman–Crippen LogP) is 8.75. The van der Waals surface area contributed by atoms with E-state index in [9.17, 15) is 4.79 Å². The molecule has 0 unspecified atom stereocenters. The van der Waals surface area contributed by atoms with Crippen LogP contribution in [-0.4, -0.2) is 58.8 Å². The third-order valence-corrected chi connectivity index (χ3v) is 9.20. The maximum absolute atomic E-state index is 11.8. The van der Waals surface area contributed by atoms with Crippen molar-refractivity contribution in [2.24, 2.45) is 0 Å². The van der Waals surface area contributed by atoms with Crippen LogP contribution in [0.3, 0.4) is 0 Å². The minimum atomic E-state index is 0.408. The van der Waals surface area contributed by atoms with Crippen LogP contribution in [0.15, 0.2) is 103 Å². The number of carbonyl (C=O) groups is 1. The lowest BCUT2D eigenvalue weighted by Gasteiger charge is -2.37. The molecule has 0 spiro atoms. The van der Waals surface area contributed by atoms with Gasteiger partial charge in [0.1, 0.15) is 29.5 Å². The summed E-state index contributed by atoms with van der Waals surface area (Å²) in [6, 6.07) is 27.9. The van der Waals surface area contributed by atoms with Crippen LogP contribution in [0.5, 0.6) is 23.1 Å². The zero-order valence-corrected chi connectivity index (χ0v) is 30.2. The fourth-order valence-electron chi connectivity index (χ4n) is 5.88. The topological polar surface area (TPSA) is 77.0 Å². The van der Waals surface area contributed by atoms with E-state index in [4.69, 9.17) is 37.4 Å². The van der Waals surface area contributed by atoms with Gasteiger partial charge in [0.2, 0.25) is 5.88 Å². The van der Waals surface area contributed by atoms with Gasteiger partial charge in [0, 0.05) is 57.0 Å². The molecule has 1 fully saturated rings. The Balaban J connectivity index is 1.00. The zero-order chi connectivity index (χ0) is 35.6. The summed E-state index contributed by atoms with van der Waals surface area (Å²) in [5, 5.41) is 0.894. The molecule has 0 saturated carbocycles. The number of piperazine rings is 1. The largest absolute Gasteiger partial charge is 0.492 e. The first kappa shape index (κ1) is 35.9. The minimum Gasteiger partial charge on any atom is -0.492 e. The van der Waals surface area contributed by atoms with Crippen LogP contribution in [0.2, 0.25) is 10.2 Å². The van der Waals surface area contributed by atoms with Crippen molar-refractivity contribution >= 4 is 35.2 Å². The average molecular weight is 724 g/mol. The number of nitrogens with zero attached hydrogens (tertiary/aromatic N) is 4. The van der Waals surface area contributed by atoms with Gasteiger partial charge >= 0.3 is 0 Å². The third-order valence-electron chi connectivity index (χ3n) is 8.69. The molecule has 6 rings (SSSR count). The average Bonchev–Trinajstić information content (AvgIpc) is 3.14. The van der Waals surface area contributed by atoms with Gasteiger partial charge in [0.25, 0.3) is 0 Å². The van der Waals surface area contributed by atoms with Gasteiger partial charge in [-0.3, -0.25) is 9.69 Å². The van der Waals surface area contributed by atoms with Gasteiger partial charge < -0.3 is 19.1 Å². The van der Waals surface area contributed by atoms with E-state index in [1.54, 1.807) is 30.6 Å². The maximum Gasteiger partial charge on any atom is 0.219 e. The van der Waals surface area contributed by atoms with E-state index in [1.807, 2.05) is 43.3 Å². The second kappa shape index (κ2) is 17.4. The van der Waals surface area contributed by atoms with Crippen LogP contribution < -0.4 is 14.2 Å². The lowest BCUT2D eigenvalue weighted by Crippen LogP contribution is -2.45. The highest BCUT2D eigenvalue weighted by Crippen LogP contribution is 2.36. The van der Waals surface area contributed by atoms with E-state index >= 15 is 0 Å². The highest BCUT2D eigenvalue weighted by Gasteiger charge is 2.22. The van der Waals surface area contributed by atoms with Crippen molar-refractivity contribution < 1.29 is 19.0 Å². The predicted molar refractivity (Wildman–Crippen MR) is 202 cm³/mol. The summed E-state index contributed by atoms with van der Waals surface area (Å²) in [7, 11) is 0. The molecule has 0 radical (unpaired) electrons. The molecule has 0 amide bonds. The number of hydrogen-bond acceptors (Lipinski definition) is 8. The quantitative estimate of drug-likeness (QED) is 0.0640. The van der Waals surface area contributed by atoms with Gasteiger partial charge in [-0.15, -0.1) is 0 Å². The van der Waals surface area contributed by atoms with Gasteiger partial charge in [-0.1, -0.05) is 77.3 Å². The first-order valence-electron chi connectivity index (χ1n) is 16.9. The Bertz CT molecular complexity index is 1900. The van der Waals surface area contributed by atoms with Crippen molar-refractivity contribution in [2.75, 3.05) is 32.8 Å². The van der Waals surface area contributed by atoms with Crippen molar-refractivity contribution in [3.8, 4) is 23.1 Å². The number of carbonyl (C=O) groups excluding carboxylic acids is 1. The molecule has 8 nitrogen and oxygen atoms in total. The minimum absolute atomic E-state index is 0.408. The second-order valence-corrected chi connectivity index (χ2v) is 13.3. The summed E-state index contributed by atoms with van der Waals surface area (Å²) >= 11 is 12.6. The molecule has 3 heterocycles. The number of halogens is 2. The first-order valence-corrected chi connectivity index (χ1v) is 17.7. The van der Waals surface area contributed by atoms with Crippen molar-refractivity contribution in [2.45, 2.75) is 33.4 Å². The van der Waals surface area contributed by atoms with Gasteiger partial charge in [-0.05, 0) is 72.0 Å². The molecule has 1 aliphatic heterocycles. The maximum atomic E-state index is 11.8.